The van der Waals surface area contributed by atoms with E-state index in [1.165, 1.54) is 0 Å². The highest BCUT2D eigenvalue weighted by Crippen LogP contribution is 1.79. The van der Waals surface area contributed by atoms with Crippen LogP contribution in [0.5, 0.6) is 0 Å². The Bertz CT molecular complexity index is 176. The Kier molecular flexibility index (Phi) is 13.7. The van der Waals surface area contributed by atoms with Gasteiger partial charge in [0.2, 0.25) is 0 Å². The second-order valence-corrected chi connectivity index (χ2v) is 1.85. The second kappa shape index (κ2) is 12.9. The summed E-state index contributed by atoms with van der Waals surface area (Å²) < 4.78 is 0. The summed E-state index contributed by atoms with van der Waals surface area (Å²) in [4.78, 5) is 8.56. The third-order valence-corrected chi connectivity index (χ3v) is 0.667. The molecule has 0 aromatic heterocycles. The molecule has 1 aromatic carbocycles. The molecule has 0 fully saturated rings. The minimum absolute atomic E-state index is 1.75. The highest BCUT2D eigenvalue weighted by Gasteiger charge is 1.70. The molecule has 0 saturated carbocycles. The average Bonchev–Trinajstić information content (AvgIpc) is 2.08. The molecule has 0 unspecified atom stereocenters. The Balaban J connectivity index is 0. The molecule has 0 saturated heterocycles. The lowest BCUT2D eigenvalue weighted by Gasteiger charge is -1.69. The third-order valence-electron chi connectivity index (χ3n) is 0.667. The monoisotopic (exact) mass is 182 g/mol. The molecular formula is C10H14O3. The Morgan fingerprint density at radius 3 is 1.23 bits per heavy atom. The van der Waals surface area contributed by atoms with Crippen molar-refractivity contribution < 1.29 is 15.0 Å². The van der Waals surface area contributed by atoms with Crippen LogP contribution in [-0.4, -0.2) is 16.4 Å². The van der Waals surface area contributed by atoms with Crippen LogP contribution in [0.4, 0.5) is 4.79 Å². The molecule has 1 aromatic rings. The van der Waals surface area contributed by atoms with Gasteiger partial charge in [-0.15, -0.1) is 6.58 Å². The van der Waals surface area contributed by atoms with Crippen LogP contribution >= 0.6 is 0 Å². The largest absolute Gasteiger partial charge is 0.503 e. The van der Waals surface area contributed by atoms with Crippen molar-refractivity contribution in [3.63, 3.8) is 0 Å². The highest BCUT2D eigenvalue weighted by atomic mass is 16.6. The highest BCUT2D eigenvalue weighted by molar-refractivity contribution is 5.53. The summed E-state index contributed by atoms with van der Waals surface area (Å²) in [6.07, 6.45) is -0.0833. The van der Waals surface area contributed by atoms with Crippen molar-refractivity contribution in [2.45, 2.75) is 6.92 Å². The molecule has 0 radical (unpaired) electrons. The van der Waals surface area contributed by atoms with E-state index in [9.17, 15) is 0 Å². The van der Waals surface area contributed by atoms with Crippen LogP contribution in [0, 0.1) is 0 Å². The van der Waals surface area contributed by atoms with Crippen molar-refractivity contribution in [3.05, 3.63) is 49.1 Å². The quantitative estimate of drug-likeness (QED) is 0.606. The molecule has 72 valence electrons. The van der Waals surface area contributed by atoms with E-state index in [1.54, 1.807) is 6.08 Å². The molecular weight excluding hydrogens is 168 g/mol. The minimum atomic E-state index is -1.83. The van der Waals surface area contributed by atoms with Crippen LogP contribution in [-0.2, 0) is 0 Å². The van der Waals surface area contributed by atoms with E-state index in [4.69, 9.17) is 15.0 Å². The maximum absolute atomic E-state index is 8.56. The van der Waals surface area contributed by atoms with Gasteiger partial charge in [-0.1, -0.05) is 42.5 Å². The van der Waals surface area contributed by atoms with Gasteiger partial charge in [0.15, 0.2) is 0 Å². The van der Waals surface area contributed by atoms with E-state index in [0.717, 1.165) is 0 Å². The number of allylic oxidation sites excluding steroid dienone is 1. The maximum atomic E-state index is 8.56. The molecule has 0 aliphatic rings. The zero-order valence-electron chi connectivity index (χ0n) is 7.55. The van der Waals surface area contributed by atoms with Gasteiger partial charge in [0.05, 0.1) is 0 Å². The first-order valence-electron chi connectivity index (χ1n) is 3.64. The summed E-state index contributed by atoms with van der Waals surface area (Å²) in [6, 6.07) is 12.0. The lowest BCUT2D eigenvalue weighted by Crippen LogP contribution is -1.81. The molecule has 13 heavy (non-hydrogen) atoms. The normalized spacial score (nSPS) is 6.54. The van der Waals surface area contributed by atoms with E-state index in [1.807, 2.05) is 43.3 Å². The average molecular weight is 182 g/mol. The molecule has 0 atom stereocenters. The zero-order chi connectivity index (χ0) is 10.5. The van der Waals surface area contributed by atoms with Crippen molar-refractivity contribution in [1.29, 1.82) is 0 Å². The van der Waals surface area contributed by atoms with Crippen molar-refractivity contribution in [2.24, 2.45) is 0 Å². The summed E-state index contributed by atoms with van der Waals surface area (Å²) in [6.45, 7) is 5.25. The Labute approximate surface area is 78.0 Å². The molecule has 2 N–H and O–H groups in total. The Morgan fingerprint density at radius 1 is 1.08 bits per heavy atom. The number of benzene rings is 1. The van der Waals surface area contributed by atoms with Gasteiger partial charge in [-0.25, -0.2) is 4.79 Å². The molecule has 1 rings (SSSR count). The van der Waals surface area contributed by atoms with E-state index >= 15 is 0 Å². The smallest absolute Gasteiger partial charge is 0.450 e. The van der Waals surface area contributed by atoms with Gasteiger partial charge < -0.3 is 10.2 Å². The standard InChI is InChI=1S/C6H6.C3H6.CH2O3/c1-2-4-6-5-3-1;1-3-2;2-1(3)4/h1-6H;3H,1H2,2H3;(H2,2,3,4). The molecule has 0 spiro atoms. The summed E-state index contributed by atoms with van der Waals surface area (Å²) in [7, 11) is 0. The van der Waals surface area contributed by atoms with E-state index in [-0.39, 0.29) is 0 Å². The molecule has 0 amide bonds. The summed E-state index contributed by atoms with van der Waals surface area (Å²) in [5, 5.41) is 13.9. The van der Waals surface area contributed by atoms with Gasteiger partial charge in [-0.05, 0) is 6.92 Å². The lowest BCUT2D eigenvalue weighted by molar-refractivity contribution is 0.137. The van der Waals surface area contributed by atoms with Gasteiger partial charge in [-0.2, -0.15) is 0 Å². The van der Waals surface area contributed by atoms with Crippen LogP contribution in [0.2, 0.25) is 0 Å². The van der Waals surface area contributed by atoms with Crippen molar-refractivity contribution >= 4 is 6.16 Å². The first kappa shape index (κ1) is 13.8. The summed E-state index contributed by atoms with van der Waals surface area (Å²) >= 11 is 0. The fourth-order valence-corrected chi connectivity index (χ4v) is 0.385. The Morgan fingerprint density at radius 2 is 1.15 bits per heavy atom. The predicted octanol–water partition coefficient (Wildman–Crippen LogP) is 3.10. The van der Waals surface area contributed by atoms with Crippen LogP contribution in [0.1, 0.15) is 6.92 Å². The van der Waals surface area contributed by atoms with E-state index in [2.05, 4.69) is 6.58 Å². The number of rotatable bonds is 0. The molecule has 3 nitrogen and oxygen atoms in total. The summed E-state index contributed by atoms with van der Waals surface area (Å²) in [5.74, 6) is 0. The number of hydrogen-bond acceptors (Lipinski definition) is 1. The Hall–Kier alpha value is -1.77. The molecule has 3 heteroatoms. The zero-order valence-corrected chi connectivity index (χ0v) is 7.55. The molecule has 0 heterocycles. The van der Waals surface area contributed by atoms with E-state index < -0.39 is 6.16 Å². The lowest BCUT2D eigenvalue weighted by atomic mass is 10.4. The maximum Gasteiger partial charge on any atom is 0.503 e. The van der Waals surface area contributed by atoms with Gasteiger partial charge >= 0.3 is 6.16 Å². The molecule has 0 aliphatic carbocycles. The SMILES string of the molecule is C=CC.O=C(O)O.c1ccccc1. The van der Waals surface area contributed by atoms with Crippen molar-refractivity contribution in [3.8, 4) is 0 Å². The van der Waals surface area contributed by atoms with Gasteiger partial charge in [0.25, 0.3) is 0 Å². The van der Waals surface area contributed by atoms with Crippen LogP contribution < -0.4 is 0 Å². The van der Waals surface area contributed by atoms with E-state index in [0.29, 0.717) is 0 Å². The topological polar surface area (TPSA) is 57.5 Å². The van der Waals surface area contributed by atoms with Gasteiger partial charge in [0, 0.05) is 0 Å². The third kappa shape index (κ3) is 38.7. The first-order valence-corrected chi connectivity index (χ1v) is 3.64. The molecule has 0 bridgehead atoms. The van der Waals surface area contributed by atoms with Crippen LogP contribution in [0.3, 0.4) is 0 Å². The predicted molar refractivity (Wildman–Crippen MR) is 53.0 cm³/mol. The number of carbonyl (C=O) groups is 1. The summed E-state index contributed by atoms with van der Waals surface area (Å²) in [5.41, 5.74) is 0. The number of hydrogen-bond donors (Lipinski definition) is 2. The first-order chi connectivity index (χ1) is 6.15. The number of carboxylic acid groups (broad SMARTS) is 2. The fourth-order valence-electron chi connectivity index (χ4n) is 0.385. The van der Waals surface area contributed by atoms with Gasteiger partial charge in [-0.3, -0.25) is 0 Å². The van der Waals surface area contributed by atoms with Crippen molar-refractivity contribution in [2.75, 3.05) is 0 Å². The van der Waals surface area contributed by atoms with Crippen LogP contribution in [0.25, 0.3) is 0 Å². The fraction of sp³-hybridized carbons (Fsp3) is 0.100. The second-order valence-electron chi connectivity index (χ2n) is 1.85. The minimum Gasteiger partial charge on any atom is -0.450 e. The van der Waals surface area contributed by atoms with Crippen LogP contribution in [0.15, 0.2) is 49.1 Å². The molecule has 0 aliphatic heterocycles. The van der Waals surface area contributed by atoms with Crippen molar-refractivity contribution in [1.82, 2.24) is 0 Å². The van der Waals surface area contributed by atoms with Gasteiger partial charge in [0.1, 0.15) is 0 Å².